The Bertz CT molecular complexity index is 1440. The van der Waals surface area contributed by atoms with Crippen LogP contribution in [0.4, 0.5) is 5.13 Å². The summed E-state index contributed by atoms with van der Waals surface area (Å²) in [6.07, 6.45) is 0. The lowest BCUT2D eigenvalue weighted by molar-refractivity contribution is 0.415. The van der Waals surface area contributed by atoms with E-state index in [2.05, 4.69) is 15.5 Å². The van der Waals surface area contributed by atoms with Gasteiger partial charge in [0.1, 0.15) is 17.1 Å². The molecule has 1 N–H and O–H groups in total. The van der Waals surface area contributed by atoms with E-state index < -0.39 is 0 Å². The third kappa shape index (κ3) is 3.87. The third-order valence-electron chi connectivity index (χ3n) is 4.96. The Morgan fingerprint density at radius 2 is 1.87 bits per heavy atom. The van der Waals surface area contributed by atoms with Crippen LogP contribution in [0.15, 0.2) is 76.2 Å². The second-order valence-corrected chi connectivity index (χ2v) is 8.47. The van der Waals surface area contributed by atoms with Crippen molar-refractivity contribution in [1.29, 1.82) is 0 Å². The van der Waals surface area contributed by atoms with Crippen molar-refractivity contribution < 1.29 is 9.15 Å². The minimum Gasteiger partial charge on any atom is -0.497 e. The molecule has 0 amide bonds. The van der Waals surface area contributed by atoms with Gasteiger partial charge in [0.05, 0.1) is 22.7 Å². The molecule has 0 atom stereocenters. The van der Waals surface area contributed by atoms with Crippen LogP contribution in [0.5, 0.6) is 5.75 Å². The third-order valence-corrected chi connectivity index (χ3v) is 6.31. The molecule has 0 fully saturated rings. The number of hydrogen-bond donors (Lipinski definition) is 1. The molecule has 7 heteroatoms. The number of benzene rings is 3. The van der Waals surface area contributed by atoms with Gasteiger partial charge in [0.25, 0.3) is 0 Å². The van der Waals surface area contributed by atoms with Gasteiger partial charge in [-0.2, -0.15) is 5.10 Å². The molecule has 0 saturated carbocycles. The van der Waals surface area contributed by atoms with Crippen molar-refractivity contribution in [1.82, 2.24) is 4.98 Å². The summed E-state index contributed by atoms with van der Waals surface area (Å²) in [4.78, 5) is 4.59. The topological polar surface area (TPSA) is 59.6 Å². The van der Waals surface area contributed by atoms with Crippen LogP contribution in [0.2, 0.25) is 5.02 Å². The second-order valence-electron chi connectivity index (χ2n) is 7.03. The quantitative estimate of drug-likeness (QED) is 0.315. The van der Waals surface area contributed by atoms with Gasteiger partial charge >= 0.3 is 0 Å². The van der Waals surface area contributed by atoms with Crippen molar-refractivity contribution >= 4 is 49.3 Å². The molecule has 154 valence electrons. The summed E-state index contributed by atoms with van der Waals surface area (Å²) in [6.45, 7) is 1.95. The van der Waals surface area contributed by atoms with Gasteiger partial charge < -0.3 is 9.15 Å². The Morgan fingerprint density at radius 3 is 2.65 bits per heavy atom. The minimum absolute atomic E-state index is 0.663. The largest absolute Gasteiger partial charge is 0.497 e. The normalized spacial score (nSPS) is 11.9. The number of aryl methyl sites for hydroxylation is 1. The Balaban J connectivity index is 1.64. The van der Waals surface area contributed by atoms with Crippen LogP contribution in [0.3, 0.4) is 0 Å². The zero-order valence-corrected chi connectivity index (χ0v) is 18.4. The number of anilines is 1. The van der Waals surface area contributed by atoms with Crippen LogP contribution in [-0.4, -0.2) is 12.1 Å². The van der Waals surface area contributed by atoms with E-state index in [0.717, 1.165) is 37.6 Å². The number of nitrogens with zero attached hydrogens (tertiary/aromatic N) is 2. The molecular weight excluding hydrogens is 430 g/mol. The zero-order chi connectivity index (χ0) is 21.4. The van der Waals surface area contributed by atoms with Crippen molar-refractivity contribution in [3.05, 3.63) is 82.7 Å². The first kappa shape index (κ1) is 19.6. The molecule has 3 aromatic carbocycles. The molecule has 0 spiro atoms. The number of rotatable bonds is 4. The molecule has 5 nitrogen and oxygen atoms in total. The highest BCUT2D eigenvalue weighted by Gasteiger charge is 2.10. The maximum Gasteiger partial charge on any atom is 0.204 e. The van der Waals surface area contributed by atoms with Crippen molar-refractivity contribution in [2.24, 2.45) is 5.10 Å². The number of hydrogen-bond acceptors (Lipinski definition) is 6. The number of ether oxygens (including phenoxy) is 1. The zero-order valence-electron chi connectivity index (χ0n) is 16.8. The van der Waals surface area contributed by atoms with Crippen molar-refractivity contribution in [3.63, 3.8) is 0 Å². The van der Waals surface area contributed by atoms with Gasteiger partial charge in [0, 0.05) is 22.0 Å². The van der Waals surface area contributed by atoms with E-state index >= 15 is 0 Å². The number of para-hydroxylation sites is 1. The van der Waals surface area contributed by atoms with Crippen LogP contribution >= 0.6 is 22.9 Å². The van der Waals surface area contributed by atoms with E-state index in [9.17, 15) is 0 Å². The Morgan fingerprint density at radius 1 is 1.06 bits per heavy atom. The highest BCUT2D eigenvalue weighted by Crippen LogP contribution is 2.28. The SMILES string of the molecule is COc1ccc(-c2c/c(=N\Nc3nc4ccccc4s3)c3cc(Cl)c(C)cc3o2)cc1. The molecule has 31 heavy (non-hydrogen) atoms. The molecule has 5 aromatic rings. The van der Waals surface area contributed by atoms with Crippen LogP contribution in [0.1, 0.15) is 5.56 Å². The molecule has 5 rings (SSSR count). The molecule has 0 unspecified atom stereocenters. The van der Waals surface area contributed by atoms with E-state index in [1.165, 1.54) is 0 Å². The molecule has 2 aromatic heterocycles. The molecule has 0 saturated heterocycles. The molecule has 0 radical (unpaired) electrons. The van der Waals surface area contributed by atoms with Crippen molar-refractivity contribution in [3.8, 4) is 17.1 Å². The first-order valence-corrected chi connectivity index (χ1v) is 10.8. The number of thiazole rings is 1. The number of halogens is 1. The van der Waals surface area contributed by atoms with Gasteiger partial charge in [-0.05, 0) is 61.0 Å². The van der Waals surface area contributed by atoms with Crippen LogP contribution in [-0.2, 0) is 0 Å². The van der Waals surface area contributed by atoms with Crippen LogP contribution in [0.25, 0.3) is 32.5 Å². The first-order valence-electron chi connectivity index (χ1n) is 9.64. The molecule has 0 aliphatic carbocycles. The van der Waals surface area contributed by atoms with E-state index in [4.69, 9.17) is 20.8 Å². The molecule has 0 aliphatic heterocycles. The van der Waals surface area contributed by atoms with E-state index in [1.807, 2.05) is 73.7 Å². The van der Waals surface area contributed by atoms with Crippen LogP contribution < -0.4 is 15.5 Å². The molecule has 0 bridgehead atoms. The monoisotopic (exact) mass is 447 g/mol. The maximum absolute atomic E-state index is 6.39. The van der Waals surface area contributed by atoms with Gasteiger partial charge in [-0.25, -0.2) is 4.98 Å². The lowest BCUT2D eigenvalue weighted by atomic mass is 10.1. The van der Waals surface area contributed by atoms with Gasteiger partial charge in [0.15, 0.2) is 0 Å². The van der Waals surface area contributed by atoms with Gasteiger partial charge in [-0.15, -0.1) is 0 Å². The fraction of sp³-hybridized carbons (Fsp3) is 0.0833. The lowest BCUT2D eigenvalue weighted by Gasteiger charge is -2.08. The van der Waals surface area contributed by atoms with Gasteiger partial charge in [-0.1, -0.05) is 35.1 Å². The maximum atomic E-state index is 6.39. The smallest absolute Gasteiger partial charge is 0.204 e. The number of aromatic nitrogens is 1. The summed E-state index contributed by atoms with van der Waals surface area (Å²) in [5, 5.41) is 7.57. The number of fused-ring (bicyclic) bond motifs is 2. The average molecular weight is 448 g/mol. The van der Waals surface area contributed by atoms with E-state index in [1.54, 1.807) is 18.4 Å². The summed E-state index contributed by atoms with van der Waals surface area (Å²) in [7, 11) is 1.65. The minimum atomic E-state index is 0.663. The molecular formula is C24H18ClN3O2S. The first-order chi connectivity index (χ1) is 15.1. The standard InChI is InChI=1S/C24H18ClN3O2S/c1-14-11-22-17(12-18(14)25)20(13-21(30-22)15-7-9-16(29-2)10-8-15)27-28-24-26-19-5-3-4-6-23(19)31-24/h3-13H,1-2H3,(H,26,28)/b27-20+. The van der Waals surface area contributed by atoms with E-state index in [-0.39, 0.29) is 0 Å². The lowest BCUT2D eigenvalue weighted by Crippen LogP contribution is -2.07. The second kappa shape index (κ2) is 8.06. The highest BCUT2D eigenvalue weighted by molar-refractivity contribution is 7.22. The highest BCUT2D eigenvalue weighted by atomic mass is 35.5. The summed E-state index contributed by atoms with van der Waals surface area (Å²) in [5.41, 5.74) is 6.61. The van der Waals surface area contributed by atoms with Crippen molar-refractivity contribution in [2.75, 3.05) is 12.5 Å². The van der Waals surface area contributed by atoms with Gasteiger partial charge in [-0.3, -0.25) is 5.43 Å². The average Bonchev–Trinajstić information content (AvgIpc) is 3.21. The predicted octanol–water partition coefficient (Wildman–Crippen LogP) is 6.61. The molecule has 2 heterocycles. The van der Waals surface area contributed by atoms with Gasteiger partial charge in [0.2, 0.25) is 5.13 Å². The number of nitrogens with one attached hydrogen (secondary N) is 1. The summed E-state index contributed by atoms with van der Waals surface area (Å²) in [6, 6.07) is 21.4. The van der Waals surface area contributed by atoms with Crippen molar-refractivity contribution in [2.45, 2.75) is 6.92 Å². The van der Waals surface area contributed by atoms with Crippen LogP contribution in [0, 0.1) is 6.92 Å². The Kier molecular flexibility index (Phi) is 5.10. The molecule has 0 aliphatic rings. The Labute approximate surface area is 187 Å². The fourth-order valence-corrected chi connectivity index (χ4v) is 4.28. The van der Waals surface area contributed by atoms with E-state index in [0.29, 0.717) is 21.7 Å². The summed E-state index contributed by atoms with van der Waals surface area (Å²) < 4.78 is 12.6. The Hall–Kier alpha value is -3.35. The summed E-state index contributed by atoms with van der Waals surface area (Å²) >= 11 is 7.95. The fourth-order valence-electron chi connectivity index (χ4n) is 3.31. The number of methoxy groups -OCH3 is 1. The summed E-state index contributed by atoms with van der Waals surface area (Å²) in [5.74, 6) is 1.48. The predicted molar refractivity (Wildman–Crippen MR) is 127 cm³/mol.